The van der Waals surface area contributed by atoms with E-state index in [0.717, 1.165) is 57.6 Å². The van der Waals surface area contributed by atoms with Crippen molar-refractivity contribution in [3.05, 3.63) is 103 Å². The van der Waals surface area contributed by atoms with Crippen LogP contribution in [0.4, 0.5) is 5.82 Å². The summed E-state index contributed by atoms with van der Waals surface area (Å²) in [5.74, 6) is 1.49. The van der Waals surface area contributed by atoms with Crippen molar-refractivity contribution in [2.24, 2.45) is 0 Å². The largest absolute Gasteiger partial charge is 0.378 e. The van der Waals surface area contributed by atoms with E-state index in [0.29, 0.717) is 19.2 Å². The molecule has 0 saturated carbocycles. The number of hydrogen-bond donors (Lipinski definition) is 0. The van der Waals surface area contributed by atoms with E-state index in [9.17, 15) is 0 Å². The van der Waals surface area contributed by atoms with E-state index in [2.05, 4.69) is 53.9 Å². The summed E-state index contributed by atoms with van der Waals surface area (Å²) < 4.78 is 7.37. The summed E-state index contributed by atoms with van der Waals surface area (Å²) in [5.41, 5.74) is 8.59. The summed E-state index contributed by atoms with van der Waals surface area (Å²) in [6.07, 6.45) is 9.99. The van der Waals surface area contributed by atoms with Crippen LogP contribution in [0.25, 0.3) is 33.6 Å². The summed E-state index contributed by atoms with van der Waals surface area (Å²) in [5, 5.41) is 5.69. The monoisotopic (exact) mass is 460 g/mol. The molecule has 0 spiro atoms. The molecule has 0 amide bonds. The molecule has 173 valence electrons. The lowest BCUT2D eigenvalue weighted by molar-refractivity contribution is 0.122. The highest BCUT2D eigenvalue weighted by Gasteiger charge is 2.31. The molecule has 1 radical (unpaired) electrons. The van der Waals surface area contributed by atoms with E-state index in [1.165, 1.54) is 11.1 Å². The van der Waals surface area contributed by atoms with Gasteiger partial charge in [-0.25, -0.2) is 9.67 Å². The summed E-state index contributed by atoms with van der Waals surface area (Å²) in [7, 11) is 0. The molecule has 35 heavy (non-hydrogen) atoms. The van der Waals surface area contributed by atoms with Crippen LogP contribution in [-0.4, -0.2) is 46.1 Å². The average Bonchev–Trinajstić information content (AvgIpc) is 3.54. The van der Waals surface area contributed by atoms with Gasteiger partial charge in [-0.1, -0.05) is 61.2 Å². The molecule has 1 fully saturated rings. The van der Waals surface area contributed by atoms with Crippen molar-refractivity contribution in [3.63, 3.8) is 0 Å². The molecule has 4 aromatic rings. The Morgan fingerprint density at radius 1 is 1.06 bits per heavy atom. The normalized spacial score (nSPS) is 15.2. The quantitative estimate of drug-likeness (QED) is 0.319. The van der Waals surface area contributed by atoms with E-state index in [-0.39, 0.29) is 0 Å². The van der Waals surface area contributed by atoms with Crippen LogP contribution in [0.1, 0.15) is 23.6 Å². The lowest BCUT2D eigenvalue weighted by Crippen LogP contribution is -2.37. The Morgan fingerprint density at radius 3 is 2.60 bits per heavy atom. The number of morpholine rings is 1. The van der Waals surface area contributed by atoms with Gasteiger partial charge in [-0.15, -0.1) is 0 Å². The number of hydrogen-bond acceptors (Lipinski definition) is 5. The highest BCUT2D eigenvalue weighted by molar-refractivity contribution is 6.04. The van der Waals surface area contributed by atoms with Gasteiger partial charge in [0.1, 0.15) is 5.82 Å². The highest BCUT2D eigenvalue weighted by Crippen LogP contribution is 2.46. The molecule has 0 unspecified atom stereocenters. The van der Waals surface area contributed by atoms with Gasteiger partial charge in [-0.2, -0.15) is 10.1 Å². The maximum absolute atomic E-state index is 5.61. The summed E-state index contributed by atoms with van der Waals surface area (Å²) in [6.45, 7) is 13.0. The van der Waals surface area contributed by atoms with Crippen LogP contribution < -0.4 is 4.90 Å². The molecule has 0 bridgehead atoms. The van der Waals surface area contributed by atoms with Crippen LogP contribution in [-0.2, 0) is 4.74 Å². The fraction of sp³-hybridized carbons (Fsp3) is 0.172. The number of benzene rings is 2. The first-order valence-electron chi connectivity index (χ1n) is 11.8. The second-order valence-electron chi connectivity index (χ2n) is 8.93. The molecule has 2 aromatic carbocycles. The summed E-state index contributed by atoms with van der Waals surface area (Å²) in [6, 6.07) is 12.4. The molecule has 2 aromatic heterocycles. The fourth-order valence-corrected chi connectivity index (χ4v) is 4.64. The van der Waals surface area contributed by atoms with E-state index in [1.54, 1.807) is 4.68 Å². The number of rotatable bonds is 6. The minimum absolute atomic E-state index is 0.553. The number of nitrogens with zero attached hydrogens (tertiary/aromatic N) is 5. The number of aromatic nitrogens is 4. The third kappa shape index (κ3) is 3.96. The SMILES string of the molecule is C=C/C(=C\C(=C)C)c1cc2nc(-n3cc(-c4ccccc4)cn3)nc(N3CCOCC3)c2c2c1[CH]2. The molecule has 6 nitrogen and oxygen atoms in total. The highest BCUT2D eigenvalue weighted by atomic mass is 16.5. The van der Waals surface area contributed by atoms with Crippen LogP contribution in [0.15, 0.2) is 79.7 Å². The second-order valence-corrected chi connectivity index (χ2v) is 8.93. The predicted molar refractivity (Wildman–Crippen MR) is 141 cm³/mol. The Bertz CT molecular complexity index is 1490. The molecular weight excluding hydrogens is 434 g/mol. The molecule has 0 N–H and O–H groups in total. The fourth-order valence-electron chi connectivity index (χ4n) is 4.64. The van der Waals surface area contributed by atoms with Crippen LogP contribution in [0.5, 0.6) is 0 Å². The molecule has 0 atom stereocenters. The molecule has 1 saturated heterocycles. The molecule has 1 aliphatic heterocycles. The first-order valence-corrected chi connectivity index (χ1v) is 11.8. The second kappa shape index (κ2) is 8.64. The Morgan fingerprint density at radius 2 is 1.86 bits per heavy atom. The smallest absolute Gasteiger partial charge is 0.253 e. The summed E-state index contributed by atoms with van der Waals surface area (Å²) >= 11 is 0. The first kappa shape index (κ1) is 21.5. The van der Waals surface area contributed by atoms with Crippen molar-refractivity contribution in [3.8, 4) is 17.1 Å². The molecular formula is C29H26N5O. The zero-order chi connectivity index (χ0) is 23.9. The molecule has 2 aliphatic rings. The lowest BCUT2D eigenvalue weighted by Gasteiger charge is -2.29. The minimum Gasteiger partial charge on any atom is -0.378 e. The average molecular weight is 461 g/mol. The predicted octanol–water partition coefficient (Wildman–Crippen LogP) is 5.38. The number of ether oxygens (including phenoxy) is 1. The van der Waals surface area contributed by atoms with Crippen molar-refractivity contribution in [1.29, 1.82) is 0 Å². The topological polar surface area (TPSA) is 56.1 Å². The molecule has 6 heteroatoms. The van der Waals surface area contributed by atoms with E-state index in [4.69, 9.17) is 14.7 Å². The van der Waals surface area contributed by atoms with Gasteiger partial charge < -0.3 is 9.64 Å². The van der Waals surface area contributed by atoms with E-state index in [1.807, 2.05) is 43.6 Å². The van der Waals surface area contributed by atoms with E-state index >= 15 is 0 Å². The third-order valence-corrected chi connectivity index (χ3v) is 6.38. The Labute approximate surface area is 204 Å². The van der Waals surface area contributed by atoms with Gasteiger partial charge in [-0.3, -0.25) is 0 Å². The van der Waals surface area contributed by atoms with Gasteiger partial charge in [0, 0.05) is 36.7 Å². The van der Waals surface area contributed by atoms with Crippen molar-refractivity contribution in [2.45, 2.75) is 6.92 Å². The van der Waals surface area contributed by atoms with Crippen LogP contribution in [0.3, 0.4) is 0 Å². The van der Waals surface area contributed by atoms with Crippen LogP contribution in [0.2, 0.25) is 0 Å². The Balaban J connectivity index is 1.53. The van der Waals surface area contributed by atoms with Crippen LogP contribution >= 0.6 is 0 Å². The van der Waals surface area contributed by atoms with Gasteiger partial charge in [0.25, 0.3) is 5.95 Å². The van der Waals surface area contributed by atoms with Crippen LogP contribution in [0, 0.1) is 6.42 Å². The van der Waals surface area contributed by atoms with Crippen molar-refractivity contribution in [1.82, 2.24) is 19.7 Å². The molecule has 6 rings (SSSR count). The van der Waals surface area contributed by atoms with Gasteiger partial charge in [0.2, 0.25) is 0 Å². The Hall–Kier alpha value is -4.03. The lowest BCUT2D eigenvalue weighted by atomic mass is 10.0. The van der Waals surface area contributed by atoms with Gasteiger partial charge in [0.05, 0.1) is 24.9 Å². The van der Waals surface area contributed by atoms with Gasteiger partial charge >= 0.3 is 0 Å². The summed E-state index contributed by atoms with van der Waals surface area (Å²) in [4.78, 5) is 12.3. The van der Waals surface area contributed by atoms with Crippen molar-refractivity contribution in [2.75, 3.05) is 31.2 Å². The standard InChI is InChI=1S/C29H26N5O/c1-4-20(14-19(2)3)23-16-26-27(25-15-24(23)25)28(33-10-12-35-13-11-33)32-29(31-26)34-18-22(17-30-34)21-8-6-5-7-9-21/h4-9,14-18H,1-2,10-13H2,3H3/b20-14+. The molecule has 1 aliphatic carbocycles. The molecule has 3 heterocycles. The third-order valence-electron chi connectivity index (χ3n) is 6.38. The Kier molecular flexibility index (Phi) is 5.30. The number of fused-ring (bicyclic) bond motifs is 3. The van der Waals surface area contributed by atoms with Crippen molar-refractivity contribution >= 4 is 22.3 Å². The minimum atomic E-state index is 0.553. The number of allylic oxidation sites excluding steroid dienone is 4. The maximum Gasteiger partial charge on any atom is 0.253 e. The van der Waals surface area contributed by atoms with Crippen molar-refractivity contribution < 1.29 is 4.74 Å². The van der Waals surface area contributed by atoms with E-state index < -0.39 is 0 Å². The zero-order valence-electron chi connectivity index (χ0n) is 19.7. The maximum atomic E-state index is 5.61. The first-order chi connectivity index (χ1) is 17.1. The number of anilines is 1. The zero-order valence-corrected chi connectivity index (χ0v) is 19.7. The van der Waals surface area contributed by atoms with Gasteiger partial charge in [0.15, 0.2) is 0 Å². The van der Waals surface area contributed by atoms with Gasteiger partial charge in [-0.05, 0) is 40.8 Å².